The molecule has 70 valence electrons. The monoisotopic (exact) mass is 199 g/mol. The van der Waals surface area contributed by atoms with Gasteiger partial charge in [0.15, 0.2) is 5.78 Å². The van der Waals surface area contributed by atoms with Crippen molar-refractivity contribution in [1.82, 2.24) is 0 Å². The zero-order valence-corrected chi connectivity index (χ0v) is 7.88. The average Bonchev–Trinajstić information content (AvgIpc) is 2.03. The van der Waals surface area contributed by atoms with Crippen LogP contribution in [0.1, 0.15) is 18.5 Å². The molecule has 0 aliphatic rings. The van der Waals surface area contributed by atoms with E-state index in [1.54, 1.807) is 12.1 Å². The Hall–Kier alpha value is -1.06. The number of halogens is 1. The lowest BCUT2D eigenvalue weighted by Gasteiger charge is -2.09. The van der Waals surface area contributed by atoms with E-state index >= 15 is 0 Å². The highest BCUT2D eigenvalue weighted by molar-refractivity contribution is 6.30. The van der Waals surface area contributed by atoms with Gasteiger partial charge in [-0.1, -0.05) is 17.7 Å². The number of carbonyl (C=O) groups excluding carboxylic acids is 1. The van der Waals surface area contributed by atoms with E-state index in [9.17, 15) is 9.90 Å². The number of nitrogens with two attached hydrogens (primary N) is 1. The van der Waals surface area contributed by atoms with E-state index in [0.29, 0.717) is 10.6 Å². The number of hydrogen-bond acceptors (Lipinski definition) is 3. The topological polar surface area (TPSA) is 63.3 Å². The Morgan fingerprint density at radius 3 is 2.69 bits per heavy atom. The van der Waals surface area contributed by atoms with Gasteiger partial charge in [0, 0.05) is 10.6 Å². The normalized spacial score (nSPS) is 12.5. The van der Waals surface area contributed by atoms with E-state index < -0.39 is 6.04 Å². The van der Waals surface area contributed by atoms with E-state index in [1.165, 1.54) is 13.0 Å². The summed E-state index contributed by atoms with van der Waals surface area (Å²) in [6, 6.07) is 3.71. The van der Waals surface area contributed by atoms with Crippen LogP contribution in [0.4, 0.5) is 0 Å². The number of carbonyl (C=O) groups is 1. The van der Waals surface area contributed by atoms with Gasteiger partial charge in [-0.25, -0.2) is 0 Å². The zero-order valence-electron chi connectivity index (χ0n) is 7.12. The van der Waals surface area contributed by atoms with Crippen LogP contribution in [-0.2, 0) is 4.79 Å². The Morgan fingerprint density at radius 2 is 2.23 bits per heavy atom. The maximum absolute atomic E-state index is 10.9. The number of phenols is 1. The maximum atomic E-state index is 10.9. The van der Waals surface area contributed by atoms with Gasteiger partial charge in [0.1, 0.15) is 5.75 Å². The van der Waals surface area contributed by atoms with Crippen LogP contribution in [0, 0.1) is 0 Å². The van der Waals surface area contributed by atoms with Crippen molar-refractivity contribution in [3.63, 3.8) is 0 Å². The van der Waals surface area contributed by atoms with Crippen molar-refractivity contribution in [2.24, 2.45) is 5.73 Å². The van der Waals surface area contributed by atoms with Gasteiger partial charge < -0.3 is 10.8 Å². The predicted octanol–water partition coefficient (Wildman–Crippen LogP) is 1.63. The molecule has 0 bridgehead atoms. The third kappa shape index (κ3) is 2.20. The van der Waals surface area contributed by atoms with E-state index in [0.717, 1.165) is 0 Å². The molecule has 1 rings (SSSR count). The van der Waals surface area contributed by atoms with Crippen LogP contribution >= 0.6 is 11.6 Å². The van der Waals surface area contributed by atoms with Gasteiger partial charge in [-0.15, -0.1) is 0 Å². The lowest BCUT2D eigenvalue weighted by molar-refractivity contribution is -0.118. The molecule has 0 heterocycles. The third-order valence-electron chi connectivity index (χ3n) is 1.77. The molecule has 0 aromatic heterocycles. The van der Waals surface area contributed by atoms with Gasteiger partial charge in [-0.2, -0.15) is 0 Å². The average molecular weight is 200 g/mol. The summed E-state index contributed by atoms with van der Waals surface area (Å²) in [5.41, 5.74) is 5.94. The van der Waals surface area contributed by atoms with Gasteiger partial charge >= 0.3 is 0 Å². The second-order valence-electron chi connectivity index (χ2n) is 2.79. The molecule has 0 radical (unpaired) electrons. The van der Waals surface area contributed by atoms with Gasteiger partial charge in [0.2, 0.25) is 0 Å². The minimum absolute atomic E-state index is 0.0461. The smallest absolute Gasteiger partial charge is 0.151 e. The van der Waals surface area contributed by atoms with E-state index in [4.69, 9.17) is 17.3 Å². The predicted molar refractivity (Wildman–Crippen MR) is 50.7 cm³/mol. The summed E-state index contributed by atoms with van der Waals surface area (Å²) in [5.74, 6) is -0.243. The molecular formula is C9H10ClNO2. The third-order valence-corrected chi connectivity index (χ3v) is 2.00. The largest absolute Gasteiger partial charge is 0.508 e. The van der Waals surface area contributed by atoms with E-state index in [-0.39, 0.29) is 11.5 Å². The molecule has 1 aromatic carbocycles. The number of aromatic hydroxyl groups is 1. The van der Waals surface area contributed by atoms with Gasteiger partial charge in [-0.05, 0) is 19.1 Å². The lowest BCUT2D eigenvalue weighted by Crippen LogP contribution is -2.18. The summed E-state index contributed by atoms with van der Waals surface area (Å²) >= 11 is 5.62. The summed E-state index contributed by atoms with van der Waals surface area (Å²) in [6.45, 7) is 1.37. The molecule has 3 nitrogen and oxygen atoms in total. The lowest BCUT2D eigenvalue weighted by atomic mass is 10.0. The molecule has 0 aliphatic heterocycles. The highest BCUT2D eigenvalue weighted by atomic mass is 35.5. The fourth-order valence-electron chi connectivity index (χ4n) is 0.999. The molecule has 1 atom stereocenters. The van der Waals surface area contributed by atoms with Gasteiger partial charge in [0.05, 0.1) is 6.04 Å². The van der Waals surface area contributed by atoms with E-state index in [2.05, 4.69) is 0 Å². The number of rotatable bonds is 2. The standard InChI is InChI=1S/C9H10ClNO2/c1-5(12)9(11)7-3-2-6(10)4-8(7)13/h2-4,9,13H,11H2,1H3. The number of hydrogen-bond donors (Lipinski definition) is 2. The Labute approximate surface area is 81.1 Å². The Balaban J connectivity index is 3.08. The van der Waals surface area contributed by atoms with Crippen LogP contribution in [0.3, 0.4) is 0 Å². The fourth-order valence-corrected chi connectivity index (χ4v) is 1.17. The Bertz CT molecular complexity index is 338. The molecule has 1 aromatic rings. The first kappa shape index (κ1) is 10.0. The van der Waals surface area contributed by atoms with Crippen LogP contribution in [0.15, 0.2) is 18.2 Å². The molecule has 0 saturated carbocycles. The van der Waals surface area contributed by atoms with Crippen LogP contribution in [0.5, 0.6) is 5.75 Å². The van der Waals surface area contributed by atoms with E-state index in [1.807, 2.05) is 0 Å². The Kier molecular flexibility index (Phi) is 2.90. The van der Waals surface area contributed by atoms with Crippen molar-refractivity contribution in [2.45, 2.75) is 13.0 Å². The first-order valence-corrected chi connectivity index (χ1v) is 4.14. The molecule has 4 heteroatoms. The quantitative estimate of drug-likeness (QED) is 0.761. The van der Waals surface area contributed by atoms with Gasteiger partial charge in [-0.3, -0.25) is 4.79 Å². The van der Waals surface area contributed by atoms with Crippen molar-refractivity contribution >= 4 is 17.4 Å². The van der Waals surface area contributed by atoms with Crippen molar-refractivity contribution in [1.29, 1.82) is 0 Å². The molecule has 0 saturated heterocycles. The molecule has 0 fully saturated rings. The summed E-state index contributed by atoms with van der Waals surface area (Å²) < 4.78 is 0. The molecule has 1 unspecified atom stereocenters. The minimum Gasteiger partial charge on any atom is -0.508 e. The van der Waals surface area contributed by atoms with Crippen molar-refractivity contribution in [3.05, 3.63) is 28.8 Å². The fraction of sp³-hybridized carbons (Fsp3) is 0.222. The van der Waals surface area contributed by atoms with Crippen LogP contribution in [0.25, 0.3) is 0 Å². The maximum Gasteiger partial charge on any atom is 0.151 e. The second kappa shape index (κ2) is 3.77. The molecule has 3 N–H and O–H groups in total. The molecular weight excluding hydrogens is 190 g/mol. The summed E-state index contributed by atoms with van der Waals surface area (Å²) in [4.78, 5) is 10.9. The van der Waals surface area contributed by atoms with Crippen LogP contribution < -0.4 is 5.73 Å². The number of ketones is 1. The van der Waals surface area contributed by atoms with Crippen molar-refractivity contribution in [3.8, 4) is 5.75 Å². The Morgan fingerprint density at radius 1 is 1.62 bits per heavy atom. The van der Waals surface area contributed by atoms with Gasteiger partial charge in [0.25, 0.3) is 0 Å². The first-order valence-electron chi connectivity index (χ1n) is 3.77. The molecule has 0 spiro atoms. The van der Waals surface area contributed by atoms with Crippen molar-refractivity contribution in [2.75, 3.05) is 0 Å². The molecule has 0 amide bonds. The summed E-state index contributed by atoms with van der Waals surface area (Å²) in [6.07, 6.45) is 0. The number of benzene rings is 1. The highest BCUT2D eigenvalue weighted by Crippen LogP contribution is 2.26. The van der Waals surface area contributed by atoms with Crippen molar-refractivity contribution < 1.29 is 9.90 Å². The zero-order chi connectivity index (χ0) is 10.0. The summed E-state index contributed by atoms with van der Waals surface area (Å²) in [5, 5.41) is 9.81. The van der Waals surface area contributed by atoms with Crippen LogP contribution in [0.2, 0.25) is 5.02 Å². The SMILES string of the molecule is CC(=O)C(N)c1ccc(Cl)cc1O. The van der Waals surface area contributed by atoms with Crippen LogP contribution in [-0.4, -0.2) is 10.9 Å². The minimum atomic E-state index is -0.780. The summed E-state index contributed by atoms with van der Waals surface area (Å²) in [7, 11) is 0. The second-order valence-corrected chi connectivity index (χ2v) is 3.23. The first-order chi connectivity index (χ1) is 6.02. The number of phenolic OH excluding ortho intramolecular Hbond substituents is 1. The molecule has 0 aliphatic carbocycles. The highest BCUT2D eigenvalue weighted by Gasteiger charge is 2.14. The number of Topliss-reactive ketones (excluding diaryl/α,β-unsaturated/α-hetero) is 1. The molecule has 13 heavy (non-hydrogen) atoms.